The lowest BCUT2D eigenvalue weighted by molar-refractivity contribution is 0.0928. The molecule has 22 heavy (non-hydrogen) atoms. The maximum Gasteiger partial charge on any atom is 0.251 e. The summed E-state index contributed by atoms with van der Waals surface area (Å²) in [4.78, 5) is 12.1. The normalized spacial score (nSPS) is 15.8. The summed E-state index contributed by atoms with van der Waals surface area (Å²) >= 11 is 0. The fraction of sp³-hybridized carbons (Fsp3) is 0.611. The van der Waals surface area contributed by atoms with Gasteiger partial charge in [0.1, 0.15) is 5.75 Å². The van der Waals surface area contributed by atoms with Crippen LogP contribution in [0.2, 0.25) is 0 Å². The van der Waals surface area contributed by atoms with Crippen molar-refractivity contribution in [3.63, 3.8) is 0 Å². The second kappa shape index (κ2) is 7.63. The van der Waals surface area contributed by atoms with E-state index in [4.69, 9.17) is 9.84 Å². The minimum Gasteiger partial charge on any atom is -0.490 e. The van der Waals surface area contributed by atoms with Gasteiger partial charge in [0.15, 0.2) is 0 Å². The molecule has 0 atom stereocenters. The molecule has 0 unspecified atom stereocenters. The lowest BCUT2D eigenvalue weighted by Gasteiger charge is -2.23. The minimum atomic E-state index is -0.101. The predicted octanol–water partition coefficient (Wildman–Crippen LogP) is 3.15. The third-order valence-electron chi connectivity index (χ3n) is 4.24. The highest BCUT2D eigenvalue weighted by Gasteiger charge is 2.19. The van der Waals surface area contributed by atoms with Gasteiger partial charge < -0.3 is 15.2 Å². The first-order chi connectivity index (χ1) is 10.5. The highest BCUT2D eigenvalue weighted by molar-refractivity contribution is 5.94. The van der Waals surface area contributed by atoms with Gasteiger partial charge in [0.25, 0.3) is 5.91 Å². The molecule has 2 rings (SSSR count). The first-order valence-electron chi connectivity index (χ1n) is 8.16. The molecule has 122 valence electrons. The lowest BCUT2D eigenvalue weighted by Crippen LogP contribution is -2.34. The lowest BCUT2D eigenvalue weighted by atomic mass is 9.89. The molecule has 1 aliphatic rings. The summed E-state index contributed by atoms with van der Waals surface area (Å²) < 4.78 is 5.90. The van der Waals surface area contributed by atoms with Gasteiger partial charge in [-0.2, -0.15) is 0 Å². The number of nitrogens with one attached hydrogen (secondary N) is 1. The van der Waals surface area contributed by atoms with Crippen molar-refractivity contribution in [1.29, 1.82) is 0 Å². The van der Waals surface area contributed by atoms with Crippen molar-refractivity contribution in [3.8, 4) is 5.75 Å². The molecule has 2 N–H and O–H groups in total. The first-order valence-corrected chi connectivity index (χ1v) is 8.16. The zero-order chi connectivity index (χ0) is 16.0. The molecule has 0 aromatic heterocycles. The summed E-state index contributed by atoms with van der Waals surface area (Å²) in [6.07, 6.45) is 5.74. The summed E-state index contributed by atoms with van der Waals surface area (Å²) in [6, 6.07) is 7.34. The van der Waals surface area contributed by atoms with Gasteiger partial charge in [-0.15, -0.1) is 0 Å². The smallest absolute Gasteiger partial charge is 0.251 e. The minimum absolute atomic E-state index is 0.0848. The third-order valence-corrected chi connectivity index (χ3v) is 4.24. The van der Waals surface area contributed by atoms with Crippen molar-refractivity contribution in [2.24, 2.45) is 5.41 Å². The van der Waals surface area contributed by atoms with E-state index in [1.54, 1.807) is 12.1 Å². The van der Waals surface area contributed by atoms with Crippen molar-refractivity contribution in [2.45, 2.75) is 52.1 Å². The number of aliphatic hydroxyl groups excluding tert-OH is 1. The number of amides is 1. The maximum absolute atomic E-state index is 12.1. The van der Waals surface area contributed by atoms with Gasteiger partial charge in [-0.1, -0.05) is 13.8 Å². The highest BCUT2D eigenvalue weighted by atomic mass is 16.5. The van der Waals surface area contributed by atoms with Crippen LogP contribution in [0.1, 0.15) is 56.3 Å². The Kier molecular flexibility index (Phi) is 5.83. The van der Waals surface area contributed by atoms with Crippen LogP contribution in [-0.2, 0) is 0 Å². The van der Waals surface area contributed by atoms with E-state index < -0.39 is 0 Å². The second-order valence-electron chi connectivity index (χ2n) is 6.87. The van der Waals surface area contributed by atoms with E-state index in [1.807, 2.05) is 26.0 Å². The van der Waals surface area contributed by atoms with Gasteiger partial charge in [0.2, 0.25) is 0 Å². The SMILES string of the molecule is CC(C)(CCO)CNC(=O)c1ccc(OC2CCCC2)cc1. The molecule has 1 fully saturated rings. The summed E-state index contributed by atoms with van der Waals surface area (Å²) in [5, 5.41) is 11.9. The van der Waals surface area contributed by atoms with Crippen LogP contribution in [0.15, 0.2) is 24.3 Å². The average molecular weight is 305 g/mol. The molecule has 0 saturated heterocycles. The summed E-state index contributed by atoms with van der Waals surface area (Å²) in [7, 11) is 0. The standard InChI is InChI=1S/C18H27NO3/c1-18(2,11-12-20)13-19-17(21)14-7-9-16(10-8-14)22-15-5-3-4-6-15/h7-10,15,20H,3-6,11-13H2,1-2H3,(H,19,21). The summed E-state index contributed by atoms with van der Waals surface area (Å²) in [5.41, 5.74) is 0.536. The molecule has 1 aromatic carbocycles. The highest BCUT2D eigenvalue weighted by Crippen LogP contribution is 2.24. The molecule has 0 bridgehead atoms. The molecule has 0 spiro atoms. The number of carbonyl (C=O) groups is 1. The Morgan fingerprint density at radius 1 is 1.27 bits per heavy atom. The van der Waals surface area contributed by atoms with Gasteiger partial charge in [-0.05, 0) is 61.8 Å². The van der Waals surface area contributed by atoms with E-state index in [1.165, 1.54) is 12.8 Å². The van der Waals surface area contributed by atoms with Crippen LogP contribution in [0.5, 0.6) is 5.75 Å². The molecular formula is C18H27NO3. The Balaban J connectivity index is 1.85. The van der Waals surface area contributed by atoms with E-state index >= 15 is 0 Å². The second-order valence-corrected chi connectivity index (χ2v) is 6.87. The molecule has 4 nitrogen and oxygen atoms in total. The van der Waals surface area contributed by atoms with Crippen LogP contribution >= 0.6 is 0 Å². The summed E-state index contributed by atoms with van der Waals surface area (Å²) in [5.74, 6) is 0.752. The number of carbonyl (C=O) groups excluding carboxylic acids is 1. The van der Waals surface area contributed by atoms with Crippen LogP contribution in [0.25, 0.3) is 0 Å². The van der Waals surface area contributed by atoms with Crippen molar-refractivity contribution >= 4 is 5.91 Å². The van der Waals surface area contributed by atoms with E-state index in [0.29, 0.717) is 24.6 Å². The van der Waals surface area contributed by atoms with Crippen LogP contribution in [-0.4, -0.2) is 30.3 Å². The van der Waals surface area contributed by atoms with Gasteiger partial charge in [-0.25, -0.2) is 0 Å². The Hall–Kier alpha value is -1.55. The molecule has 1 amide bonds. The van der Waals surface area contributed by atoms with Gasteiger partial charge in [-0.3, -0.25) is 4.79 Å². The van der Waals surface area contributed by atoms with Crippen molar-refractivity contribution < 1.29 is 14.6 Å². The molecule has 1 aliphatic carbocycles. The Morgan fingerprint density at radius 3 is 2.50 bits per heavy atom. The van der Waals surface area contributed by atoms with Gasteiger partial charge >= 0.3 is 0 Å². The van der Waals surface area contributed by atoms with E-state index in [2.05, 4.69) is 5.32 Å². The van der Waals surface area contributed by atoms with Crippen LogP contribution in [0.3, 0.4) is 0 Å². The first kappa shape index (κ1) is 16.8. The number of hydrogen-bond donors (Lipinski definition) is 2. The molecule has 1 saturated carbocycles. The molecule has 0 aliphatic heterocycles. The van der Waals surface area contributed by atoms with E-state index in [9.17, 15) is 4.79 Å². The third kappa shape index (κ3) is 5.02. The quantitative estimate of drug-likeness (QED) is 0.813. The molecule has 0 radical (unpaired) electrons. The van der Waals surface area contributed by atoms with E-state index in [0.717, 1.165) is 18.6 Å². The monoisotopic (exact) mass is 305 g/mol. The molecular weight excluding hydrogens is 278 g/mol. The summed E-state index contributed by atoms with van der Waals surface area (Å²) in [6.45, 7) is 4.74. The van der Waals surface area contributed by atoms with Gasteiger partial charge in [0.05, 0.1) is 6.10 Å². The fourth-order valence-corrected chi connectivity index (χ4v) is 2.70. The van der Waals surface area contributed by atoms with Gasteiger partial charge in [0, 0.05) is 18.7 Å². The topological polar surface area (TPSA) is 58.6 Å². The van der Waals surface area contributed by atoms with Crippen LogP contribution < -0.4 is 10.1 Å². The number of benzene rings is 1. The average Bonchev–Trinajstić information content (AvgIpc) is 2.98. The maximum atomic E-state index is 12.1. The Bertz CT molecular complexity index is 476. The number of hydrogen-bond acceptors (Lipinski definition) is 3. The number of rotatable bonds is 7. The zero-order valence-corrected chi connectivity index (χ0v) is 13.6. The van der Waals surface area contributed by atoms with Crippen LogP contribution in [0, 0.1) is 5.41 Å². The zero-order valence-electron chi connectivity index (χ0n) is 13.6. The number of ether oxygens (including phenoxy) is 1. The van der Waals surface area contributed by atoms with E-state index in [-0.39, 0.29) is 17.9 Å². The fourth-order valence-electron chi connectivity index (χ4n) is 2.70. The number of aliphatic hydroxyl groups is 1. The van der Waals surface area contributed by atoms with Crippen molar-refractivity contribution in [2.75, 3.05) is 13.2 Å². The Morgan fingerprint density at radius 2 is 1.91 bits per heavy atom. The van der Waals surface area contributed by atoms with Crippen molar-refractivity contribution in [3.05, 3.63) is 29.8 Å². The predicted molar refractivity (Wildman–Crippen MR) is 87.1 cm³/mol. The van der Waals surface area contributed by atoms with Crippen LogP contribution in [0.4, 0.5) is 0 Å². The largest absolute Gasteiger partial charge is 0.490 e. The molecule has 0 heterocycles. The Labute approximate surface area is 132 Å². The van der Waals surface area contributed by atoms with Crippen molar-refractivity contribution in [1.82, 2.24) is 5.32 Å². The molecule has 4 heteroatoms. The molecule has 1 aromatic rings.